The van der Waals surface area contributed by atoms with Crippen LogP contribution in [0.2, 0.25) is 0 Å². The Morgan fingerprint density at radius 3 is 2.69 bits per heavy atom. The lowest BCUT2D eigenvalue weighted by atomic mass is 10.1. The summed E-state index contributed by atoms with van der Waals surface area (Å²) in [5.41, 5.74) is 3.18. The van der Waals surface area contributed by atoms with Gasteiger partial charge in [-0.25, -0.2) is 4.98 Å². The minimum Gasteiger partial charge on any atom is -0.350 e. The lowest BCUT2D eigenvalue weighted by Gasteiger charge is -2.31. The number of anilines is 2. The van der Waals surface area contributed by atoms with E-state index in [-0.39, 0.29) is 5.91 Å². The molecule has 0 atom stereocenters. The fourth-order valence-corrected chi connectivity index (χ4v) is 5.08. The third-order valence-electron chi connectivity index (χ3n) is 6.15. The summed E-state index contributed by atoms with van der Waals surface area (Å²) in [7, 11) is 6.59. The normalized spacial score (nSPS) is 16.9. The average molecular weight is 456 g/mol. The van der Waals surface area contributed by atoms with Crippen molar-refractivity contribution in [3.05, 3.63) is 53.1 Å². The molecule has 0 fully saturated rings. The van der Waals surface area contributed by atoms with Crippen LogP contribution in [-0.4, -0.2) is 56.2 Å². The molecule has 1 N–H and O–H groups in total. The Hall–Kier alpha value is -2.18. The van der Waals surface area contributed by atoms with Crippen LogP contribution in [0, 0.1) is 0 Å². The third-order valence-corrected chi connectivity index (χ3v) is 7.06. The second-order valence-electron chi connectivity index (χ2n) is 9.51. The van der Waals surface area contributed by atoms with Crippen molar-refractivity contribution in [1.29, 1.82) is 0 Å². The van der Waals surface area contributed by atoms with Crippen molar-refractivity contribution in [2.45, 2.75) is 51.4 Å². The highest BCUT2D eigenvalue weighted by atomic mass is 32.1. The summed E-state index contributed by atoms with van der Waals surface area (Å²) < 4.78 is 0.977. The Morgan fingerprint density at radius 1 is 1.12 bits per heavy atom. The molecule has 0 radical (unpaired) electrons. The molecule has 0 unspecified atom stereocenters. The largest absolute Gasteiger partial charge is 0.350 e. The Balaban J connectivity index is 1.43. The van der Waals surface area contributed by atoms with Crippen LogP contribution in [0.4, 0.5) is 10.8 Å². The van der Waals surface area contributed by atoms with Gasteiger partial charge in [0.05, 0.1) is 27.2 Å². The van der Waals surface area contributed by atoms with Crippen molar-refractivity contribution < 1.29 is 9.28 Å². The molecular weight excluding hydrogens is 416 g/mol. The number of carbonyl (C=O) groups excluding carboxylic acids is 1. The molecule has 6 heteroatoms. The molecule has 1 aromatic heterocycles. The van der Waals surface area contributed by atoms with Gasteiger partial charge in [0.15, 0.2) is 5.13 Å². The molecule has 1 amide bonds. The molecule has 3 rings (SSSR count). The molecule has 2 aromatic rings. The first-order valence-electron chi connectivity index (χ1n) is 12.0. The fourth-order valence-electron chi connectivity index (χ4n) is 4.29. The second-order valence-corrected chi connectivity index (χ2v) is 10.3. The summed E-state index contributed by atoms with van der Waals surface area (Å²) in [6.07, 6.45) is 12.8. The second kappa shape index (κ2) is 12.2. The summed E-state index contributed by atoms with van der Waals surface area (Å²) in [4.78, 5) is 19.1. The van der Waals surface area contributed by atoms with E-state index in [2.05, 4.69) is 30.5 Å². The molecule has 1 aromatic carbocycles. The first-order chi connectivity index (χ1) is 15.4. The maximum absolute atomic E-state index is 12.6. The van der Waals surface area contributed by atoms with Gasteiger partial charge >= 0.3 is 0 Å². The van der Waals surface area contributed by atoms with Gasteiger partial charge in [0.25, 0.3) is 5.91 Å². The van der Waals surface area contributed by atoms with E-state index >= 15 is 0 Å². The zero-order valence-corrected chi connectivity index (χ0v) is 20.8. The minimum atomic E-state index is -0.0850. The summed E-state index contributed by atoms with van der Waals surface area (Å²) >= 11 is 1.49. The number of carbonyl (C=O) groups is 1. The molecule has 32 heavy (non-hydrogen) atoms. The zero-order chi connectivity index (χ0) is 22.8. The number of quaternary nitrogens is 1. The molecule has 5 nitrogen and oxygen atoms in total. The van der Waals surface area contributed by atoms with Gasteiger partial charge in [-0.05, 0) is 43.4 Å². The predicted molar refractivity (Wildman–Crippen MR) is 136 cm³/mol. The van der Waals surface area contributed by atoms with Gasteiger partial charge < -0.3 is 14.7 Å². The number of hydrogen-bond donors (Lipinski definition) is 1. The molecule has 0 saturated heterocycles. The Morgan fingerprint density at radius 2 is 1.88 bits per heavy atom. The van der Waals surface area contributed by atoms with Crippen LogP contribution in [0.15, 0.2) is 47.4 Å². The van der Waals surface area contributed by atoms with Gasteiger partial charge in [-0.2, -0.15) is 0 Å². The van der Waals surface area contributed by atoms with Gasteiger partial charge in [0.1, 0.15) is 5.69 Å². The van der Waals surface area contributed by atoms with E-state index in [1.165, 1.54) is 56.3 Å². The topological polar surface area (TPSA) is 45.2 Å². The first-order valence-corrected chi connectivity index (χ1v) is 12.8. The summed E-state index contributed by atoms with van der Waals surface area (Å²) in [5.74, 6) is -0.0850. The molecule has 1 heterocycles. The van der Waals surface area contributed by atoms with Gasteiger partial charge in [-0.1, -0.05) is 43.5 Å². The van der Waals surface area contributed by atoms with Crippen molar-refractivity contribution >= 4 is 28.1 Å². The molecule has 0 spiro atoms. The fraction of sp³-hybridized carbons (Fsp3) is 0.538. The summed E-state index contributed by atoms with van der Waals surface area (Å²) in [5, 5.41) is 5.72. The number of aromatic nitrogens is 1. The van der Waals surface area contributed by atoms with Crippen LogP contribution in [0.25, 0.3) is 0 Å². The standard InChI is InChI=1S/C26H38N4OS/c1-29(23-16-11-8-12-17-23)26-28-24(21-32-26)25(31)27-18-13-19-30(2,3)20-22-14-9-6-4-5-7-10-15-22/h8,11-12,14,16-17,21H,4-7,9-10,13,15,18-20H2,1-3H3/p+1/b22-14+. The number of nitrogens with one attached hydrogen (secondary N) is 1. The SMILES string of the molecule is CN(c1ccccc1)c1nc(C(=O)NCCC[N+](C)(C)C/C2=C/CCCCCCC2)cs1. The van der Waals surface area contributed by atoms with Crippen molar-refractivity contribution in [3.63, 3.8) is 0 Å². The predicted octanol–water partition coefficient (Wildman–Crippen LogP) is 5.78. The Labute approximate surface area is 197 Å². The number of amides is 1. The van der Waals surface area contributed by atoms with E-state index in [1.54, 1.807) is 5.57 Å². The maximum atomic E-state index is 12.6. The molecule has 174 valence electrons. The van der Waals surface area contributed by atoms with Crippen molar-refractivity contribution in [1.82, 2.24) is 10.3 Å². The van der Waals surface area contributed by atoms with E-state index in [4.69, 9.17) is 0 Å². The van der Waals surface area contributed by atoms with Gasteiger partial charge in [0.2, 0.25) is 0 Å². The maximum Gasteiger partial charge on any atom is 0.270 e. The smallest absolute Gasteiger partial charge is 0.270 e. The summed E-state index contributed by atoms with van der Waals surface area (Å²) in [6, 6.07) is 10.1. The molecule has 1 aliphatic carbocycles. The lowest BCUT2D eigenvalue weighted by molar-refractivity contribution is -0.885. The van der Waals surface area contributed by atoms with Crippen LogP contribution in [0.3, 0.4) is 0 Å². The van der Waals surface area contributed by atoms with Crippen LogP contribution < -0.4 is 10.2 Å². The van der Waals surface area contributed by atoms with Crippen LogP contribution in [0.5, 0.6) is 0 Å². The average Bonchev–Trinajstić information content (AvgIpc) is 3.31. The zero-order valence-electron chi connectivity index (χ0n) is 20.0. The van der Waals surface area contributed by atoms with Crippen molar-refractivity contribution in [3.8, 4) is 0 Å². The monoisotopic (exact) mass is 455 g/mol. The molecule has 1 aliphatic rings. The Kier molecular flexibility index (Phi) is 9.30. The minimum absolute atomic E-state index is 0.0850. The van der Waals surface area contributed by atoms with Gasteiger partial charge in [-0.15, -0.1) is 11.3 Å². The number of hydrogen-bond acceptors (Lipinski definition) is 4. The quantitative estimate of drug-likeness (QED) is 0.296. The number of likely N-dealkylation sites (N-methyl/N-ethyl adjacent to an activating group) is 1. The van der Waals surface area contributed by atoms with Crippen molar-refractivity contribution in [2.24, 2.45) is 0 Å². The van der Waals surface area contributed by atoms with Gasteiger partial charge in [-0.3, -0.25) is 4.79 Å². The van der Waals surface area contributed by atoms with E-state index in [0.29, 0.717) is 12.2 Å². The van der Waals surface area contributed by atoms with Crippen LogP contribution >= 0.6 is 11.3 Å². The molecule has 0 aliphatic heterocycles. The number of rotatable bonds is 9. The highest BCUT2D eigenvalue weighted by Crippen LogP contribution is 2.26. The van der Waals surface area contributed by atoms with E-state index in [9.17, 15) is 4.79 Å². The first kappa shape index (κ1) is 24.5. The molecule has 0 saturated carbocycles. The van der Waals surface area contributed by atoms with Crippen LogP contribution in [-0.2, 0) is 0 Å². The number of benzene rings is 1. The lowest BCUT2D eigenvalue weighted by Crippen LogP contribution is -2.43. The highest BCUT2D eigenvalue weighted by Gasteiger charge is 2.18. The number of nitrogens with zero attached hydrogens (tertiary/aromatic N) is 3. The van der Waals surface area contributed by atoms with E-state index in [0.717, 1.165) is 34.8 Å². The summed E-state index contributed by atoms with van der Waals surface area (Å²) in [6.45, 7) is 2.85. The van der Waals surface area contributed by atoms with Gasteiger partial charge in [0, 0.05) is 31.1 Å². The molecule has 0 bridgehead atoms. The highest BCUT2D eigenvalue weighted by molar-refractivity contribution is 7.14. The number of thiazole rings is 1. The number of para-hydroxylation sites is 1. The number of allylic oxidation sites excluding steroid dienone is 1. The van der Waals surface area contributed by atoms with Crippen molar-refractivity contribution in [2.75, 3.05) is 45.7 Å². The third kappa shape index (κ3) is 7.75. The van der Waals surface area contributed by atoms with E-state index < -0.39 is 0 Å². The van der Waals surface area contributed by atoms with E-state index in [1.807, 2.05) is 47.7 Å². The molecular formula is C26H39N4OS+. The van der Waals surface area contributed by atoms with Crippen LogP contribution in [0.1, 0.15) is 61.9 Å². The Bertz CT molecular complexity index is 875.